The first-order chi connectivity index (χ1) is 8.36. The Morgan fingerprint density at radius 2 is 1.89 bits per heavy atom. The molecule has 1 fully saturated rings. The summed E-state index contributed by atoms with van der Waals surface area (Å²) in [6.45, 7) is 10.2. The number of carbonyl (C=O) groups excluding carboxylic acids is 2. The van der Waals surface area contributed by atoms with Crippen molar-refractivity contribution in [3.63, 3.8) is 0 Å². The van der Waals surface area contributed by atoms with Crippen LogP contribution in [0.15, 0.2) is 12.7 Å². The molecule has 1 aliphatic rings. The van der Waals surface area contributed by atoms with Crippen LogP contribution in [-0.4, -0.2) is 29.9 Å². The standard InChI is InChI=1S/C13H20O5/c1-6-13(7-2)8(3)11(16-9(4)14)12(18-13)17-10(5)15/h6,8,11-12H,1,7H2,2-5H3/t8-,11+,12+,13+/m0/s1. The average Bonchev–Trinajstić information content (AvgIpc) is 2.53. The lowest BCUT2D eigenvalue weighted by atomic mass is 9.85. The molecule has 4 atom stereocenters. The molecule has 0 aromatic rings. The number of rotatable bonds is 4. The normalized spacial score (nSPS) is 35.0. The first-order valence-corrected chi connectivity index (χ1v) is 6.02. The Labute approximate surface area is 107 Å². The molecule has 0 saturated carbocycles. The highest BCUT2D eigenvalue weighted by atomic mass is 16.7. The SMILES string of the molecule is C=C[C@]1(CC)O[C@@H](OC(C)=O)[C@H](OC(C)=O)[C@@H]1C. The summed E-state index contributed by atoms with van der Waals surface area (Å²) in [5, 5.41) is 0. The lowest BCUT2D eigenvalue weighted by Crippen LogP contribution is -2.36. The van der Waals surface area contributed by atoms with Crippen LogP contribution in [0.2, 0.25) is 0 Å². The molecule has 1 aliphatic heterocycles. The molecule has 0 radical (unpaired) electrons. The number of ether oxygens (including phenoxy) is 3. The van der Waals surface area contributed by atoms with Crippen LogP contribution in [0.1, 0.15) is 34.1 Å². The molecule has 102 valence electrons. The lowest BCUT2D eigenvalue weighted by molar-refractivity contribution is -0.200. The zero-order valence-electron chi connectivity index (χ0n) is 11.3. The highest BCUT2D eigenvalue weighted by Crippen LogP contribution is 2.41. The molecule has 5 heteroatoms. The molecule has 0 aliphatic carbocycles. The molecule has 0 amide bonds. The molecule has 1 saturated heterocycles. The summed E-state index contributed by atoms with van der Waals surface area (Å²) in [5.74, 6) is -1.03. The summed E-state index contributed by atoms with van der Waals surface area (Å²) in [5.41, 5.74) is -0.639. The van der Waals surface area contributed by atoms with Gasteiger partial charge in [-0.2, -0.15) is 0 Å². The van der Waals surface area contributed by atoms with E-state index in [1.54, 1.807) is 6.08 Å². The van der Waals surface area contributed by atoms with E-state index < -0.39 is 29.9 Å². The van der Waals surface area contributed by atoms with E-state index in [1.165, 1.54) is 13.8 Å². The number of hydrogen-bond acceptors (Lipinski definition) is 5. The molecule has 0 bridgehead atoms. The van der Waals surface area contributed by atoms with Crippen LogP contribution in [0.5, 0.6) is 0 Å². The maximum absolute atomic E-state index is 11.1. The third-order valence-corrected chi connectivity index (χ3v) is 3.35. The van der Waals surface area contributed by atoms with Gasteiger partial charge in [-0.15, -0.1) is 6.58 Å². The summed E-state index contributed by atoms with van der Waals surface area (Å²) >= 11 is 0. The summed E-state index contributed by atoms with van der Waals surface area (Å²) in [4.78, 5) is 22.2. The fraction of sp³-hybridized carbons (Fsp3) is 0.692. The molecule has 18 heavy (non-hydrogen) atoms. The van der Waals surface area contributed by atoms with Crippen molar-refractivity contribution in [1.29, 1.82) is 0 Å². The van der Waals surface area contributed by atoms with E-state index in [0.29, 0.717) is 6.42 Å². The predicted molar refractivity (Wildman–Crippen MR) is 64.6 cm³/mol. The van der Waals surface area contributed by atoms with Crippen LogP contribution in [0.4, 0.5) is 0 Å². The first-order valence-electron chi connectivity index (χ1n) is 6.02. The van der Waals surface area contributed by atoms with Crippen molar-refractivity contribution in [2.45, 2.75) is 52.1 Å². The third-order valence-electron chi connectivity index (χ3n) is 3.35. The largest absolute Gasteiger partial charge is 0.455 e. The third kappa shape index (κ3) is 2.72. The minimum Gasteiger partial charge on any atom is -0.455 e. The van der Waals surface area contributed by atoms with E-state index >= 15 is 0 Å². The van der Waals surface area contributed by atoms with Gasteiger partial charge in [0.25, 0.3) is 0 Å². The molecule has 1 heterocycles. The summed E-state index contributed by atoms with van der Waals surface area (Å²) in [7, 11) is 0. The van der Waals surface area contributed by atoms with E-state index in [9.17, 15) is 9.59 Å². The van der Waals surface area contributed by atoms with E-state index in [4.69, 9.17) is 14.2 Å². The molecular weight excluding hydrogens is 236 g/mol. The Hall–Kier alpha value is -1.36. The maximum atomic E-state index is 11.1. The van der Waals surface area contributed by atoms with Gasteiger partial charge in [-0.25, -0.2) is 0 Å². The van der Waals surface area contributed by atoms with Crippen LogP contribution in [0, 0.1) is 5.92 Å². The minimum atomic E-state index is -0.876. The summed E-state index contributed by atoms with van der Waals surface area (Å²) in [6, 6.07) is 0. The zero-order valence-corrected chi connectivity index (χ0v) is 11.3. The van der Waals surface area contributed by atoms with Crippen LogP contribution in [0.3, 0.4) is 0 Å². The average molecular weight is 256 g/mol. The summed E-state index contributed by atoms with van der Waals surface area (Å²) < 4.78 is 16.0. The Balaban J connectivity index is 2.97. The second-order valence-corrected chi connectivity index (χ2v) is 4.47. The van der Waals surface area contributed by atoms with Gasteiger partial charge in [0, 0.05) is 19.8 Å². The molecule has 0 N–H and O–H groups in total. The zero-order chi connectivity index (χ0) is 13.9. The maximum Gasteiger partial charge on any atom is 0.305 e. The van der Waals surface area contributed by atoms with Crippen LogP contribution in [0.25, 0.3) is 0 Å². The Kier molecular flexibility index (Phi) is 4.51. The van der Waals surface area contributed by atoms with Crippen LogP contribution >= 0.6 is 0 Å². The van der Waals surface area contributed by atoms with E-state index in [-0.39, 0.29) is 5.92 Å². The fourth-order valence-corrected chi connectivity index (χ4v) is 2.29. The molecular formula is C13H20O5. The van der Waals surface area contributed by atoms with Crippen LogP contribution in [-0.2, 0) is 23.8 Å². The molecule has 1 rings (SSSR count). The van der Waals surface area contributed by atoms with Crippen molar-refractivity contribution in [3.8, 4) is 0 Å². The van der Waals surface area contributed by atoms with Gasteiger partial charge in [-0.1, -0.05) is 19.9 Å². The van der Waals surface area contributed by atoms with Crippen molar-refractivity contribution >= 4 is 11.9 Å². The molecule has 0 aromatic heterocycles. The van der Waals surface area contributed by atoms with Crippen molar-refractivity contribution in [2.24, 2.45) is 5.92 Å². The molecule has 0 unspecified atom stereocenters. The number of hydrogen-bond donors (Lipinski definition) is 0. The Morgan fingerprint density at radius 3 is 2.28 bits per heavy atom. The van der Waals surface area contributed by atoms with Gasteiger partial charge in [0.05, 0.1) is 5.60 Å². The monoisotopic (exact) mass is 256 g/mol. The van der Waals surface area contributed by atoms with Gasteiger partial charge >= 0.3 is 11.9 Å². The Bertz CT molecular complexity index is 351. The predicted octanol–water partition coefficient (Wildman–Crippen LogP) is 1.81. The van der Waals surface area contributed by atoms with Gasteiger partial charge in [-0.05, 0) is 6.42 Å². The van der Waals surface area contributed by atoms with E-state index in [1.807, 2.05) is 13.8 Å². The van der Waals surface area contributed by atoms with Crippen molar-refractivity contribution in [1.82, 2.24) is 0 Å². The van der Waals surface area contributed by atoms with Gasteiger partial charge in [0.1, 0.15) is 0 Å². The lowest BCUT2D eigenvalue weighted by Gasteiger charge is -2.27. The first kappa shape index (κ1) is 14.7. The van der Waals surface area contributed by atoms with Gasteiger partial charge in [-0.3, -0.25) is 9.59 Å². The minimum absolute atomic E-state index is 0.131. The van der Waals surface area contributed by atoms with Gasteiger partial charge < -0.3 is 14.2 Å². The highest BCUT2D eigenvalue weighted by molar-refractivity contribution is 5.67. The highest BCUT2D eigenvalue weighted by Gasteiger charge is 2.53. The van der Waals surface area contributed by atoms with Crippen molar-refractivity contribution in [3.05, 3.63) is 12.7 Å². The second kappa shape index (κ2) is 5.52. The van der Waals surface area contributed by atoms with Crippen LogP contribution < -0.4 is 0 Å². The molecule has 0 spiro atoms. The van der Waals surface area contributed by atoms with E-state index in [2.05, 4.69) is 6.58 Å². The van der Waals surface area contributed by atoms with Gasteiger partial charge in [0.2, 0.25) is 6.29 Å². The number of esters is 2. The Morgan fingerprint density at radius 1 is 1.33 bits per heavy atom. The molecule has 0 aromatic carbocycles. The smallest absolute Gasteiger partial charge is 0.305 e. The second-order valence-electron chi connectivity index (χ2n) is 4.47. The topological polar surface area (TPSA) is 61.8 Å². The van der Waals surface area contributed by atoms with Crippen molar-refractivity contribution < 1.29 is 23.8 Å². The summed E-state index contributed by atoms with van der Waals surface area (Å²) in [6.07, 6.45) is 0.855. The quantitative estimate of drug-likeness (QED) is 0.567. The fourth-order valence-electron chi connectivity index (χ4n) is 2.29. The van der Waals surface area contributed by atoms with E-state index in [0.717, 1.165) is 0 Å². The van der Waals surface area contributed by atoms with Crippen molar-refractivity contribution in [2.75, 3.05) is 0 Å². The number of carbonyl (C=O) groups is 2. The van der Waals surface area contributed by atoms with Gasteiger partial charge in [0.15, 0.2) is 6.10 Å². The molecule has 5 nitrogen and oxygen atoms in total.